The fourth-order valence-electron chi connectivity index (χ4n) is 2.24. The molecule has 118 valence electrons. The molecule has 3 rings (SSSR count). The summed E-state index contributed by atoms with van der Waals surface area (Å²) in [4.78, 5) is 15.8. The van der Waals surface area contributed by atoms with Gasteiger partial charge in [-0.3, -0.25) is 0 Å². The summed E-state index contributed by atoms with van der Waals surface area (Å²) in [6, 6.07) is 13.5. The largest absolute Gasteiger partial charge is 0.482 e. The molecule has 1 aliphatic rings. The molecule has 0 amide bonds. The molecule has 0 unspecified atom stereocenters. The molecule has 5 nitrogen and oxygen atoms in total. The first-order valence-electron chi connectivity index (χ1n) is 7.07. The number of halogens is 1. The van der Waals surface area contributed by atoms with Crippen LogP contribution in [0.1, 0.15) is 11.1 Å². The Kier molecular flexibility index (Phi) is 4.62. The molecule has 1 aliphatic heterocycles. The van der Waals surface area contributed by atoms with E-state index in [1.165, 1.54) is 7.11 Å². The van der Waals surface area contributed by atoms with Crippen LogP contribution < -0.4 is 10.1 Å². The fraction of sp³-hybridized carbons (Fsp3) is 0.176. The summed E-state index contributed by atoms with van der Waals surface area (Å²) in [6.45, 7) is 0.595. The number of fused-ring (bicyclic) bond motifs is 1. The Morgan fingerprint density at radius 2 is 2.17 bits per heavy atom. The van der Waals surface area contributed by atoms with Crippen molar-refractivity contribution >= 4 is 33.4 Å². The van der Waals surface area contributed by atoms with E-state index in [1.54, 1.807) is 6.07 Å². The SMILES string of the molecule is COC(=O)COc1cccc(C2=Nc3ccc(Br)cc3CN2)c1. The van der Waals surface area contributed by atoms with Crippen molar-refractivity contribution < 1.29 is 14.3 Å². The second kappa shape index (κ2) is 6.83. The monoisotopic (exact) mass is 374 g/mol. The van der Waals surface area contributed by atoms with E-state index in [9.17, 15) is 4.79 Å². The molecule has 0 atom stereocenters. The van der Waals surface area contributed by atoms with E-state index in [1.807, 2.05) is 30.3 Å². The number of aliphatic imine (C=N–C) groups is 1. The molecule has 0 fully saturated rings. The first-order valence-corrected chi connectivity index (χ1v) is 7.86. The maximum Gasteiger partial charge on any atom is 0.343 e. The average molecular weight is 375 g/mol. The van der Waals surface area contributed by atoms with E-state index in [-0.39, 0.29) is 6.61 Å². The number of methoxy groups -OCH3 is 1. The molecule has 0 aromatic heterocycles. The van der Waals surface area contributed by atoms with Crippen LogP contribution in [0, 0.1) is 0 Å². The minimum absolute atomic E-state index is 0.114. The molecule has 0 saturated carbocycles. The Bertz CT molecular complexity index is 774. The number of hydrogen-bond acceptors (Lipinski definition) is 5. The molecule has 0 bridgehead atoms. The van der Waals surface area contributed by atoms with Crippen molar-refractivity contribution in [2.24, 2.45) is 4.99 Å². The average Bonchev–Trinajstić information content (AvgIpc) is 2.59. The van der Waals surface area contributed by atoms with Gasteiger partial charge in [0.05, 0.1) is 12.8 Å². The molecule has 0 radical (unpaired) electrons. The van der Waals surface area contributed by atoms with Crippen LogP contribution in [-0.4, -0.2) is 25.5 Å². The lowest BCUT2D eigenvalue weighted by Crippen LogP contribution is -2.26. The van der Waals surface area contributed by atoms with E-state index in [0.29, 0.717) is 12.3 Å². The highest BCUT2D eigenvalue weighted by Gasteiger charge is 2.13. The van der Waals surface area contributed by atoms with Crippen LogP contribution in [0.2, 0.25) is 0 Å². The quantitative estimate of drug-likeness (QED) is 0.834. The van der Waals surface area contributed by atoms with Gasteiger partial charge < -0.3 is 14.8 Å². The van der Waals surface area contributed by atoms with E-state index >= 15 is 0 Å². The number of carbonyl (C=O) groups excluding carboxylic acids is 1. The Balaban J connectivity index is 1.82. The number of amidine groups is 1. The van der Waals surface area contributed by atoms with Gasteiger partial charge in [-0.15, -0.1) is 0 Å². The van der Waals surface area contributed by atoms with Crippen molar-refractivity contribution in [2.45, 2.75) is 6.54 Å². The molecule has 0 spiro atoms. The predicted octanol–water partition coefficient (Wildman–Crippen LogP) is 3.18. The van der Waals surface area contributed by atoms with Crippen molar-refractivity contribution in [3.05, 3.63) is 58.1 Å². The Labute approximate surface area is 142 Å². The molecule has 23 heavy (non-hydrogen) atoms. The number of esters is 1. The summed E-state index contributed by atoms with van der Waals surface area (Å²) in [5, 5.41) is 3.30. The Morgan fingerprint density at radius 1 is 1.30 bits per heavy atom. The summed E-state index contributed by atoms with van der Waals surface area (Å²) < 4.78 is 11.0. The van der Waals surface area contributed by atoms with E-state index in [2.05, 4.69) is 37.0 Å². The third kappa shape index (κ3) is 3.71. The predicted molar refractivity (Wildman–Crippen MR) is 91.1 cm³/mol. The van der Waals surface area contributed by atoms with E-state index in [4.69, 9.17) is 4.74 Å². The first kappa shape index (κ1) is 15.6. The number of carbonyl (C=O) groups is 1. The minimum Gasteiger partial charge on any atom is -0.482 e. The van der Waals surface area contributed by atoms with E-state index < -0.39 is 5.97 Å². The van der Waals surface area contributed by atoms with Crippen LogP contribution in [0.3, 0.4) is 0 Å². The van der Waals surface area contributed by atoms with Gasteiger partial charge >= 0.3 is 5.97 Å². The fourth-order valence-corrected chi connectivity index (χ4v) is 2.65. The smallest absolute Gasteiger partial charge is 0.343 e. The lowest BCUT2D eigenvalue weighted by atomic mass is 10.1. The normalized spacial score (nSPS) is 12.7. The summed E-state index contributed by atoms with van der Waals surface area (Å²) >= 11 is 3.46. The zero-order valence-corrected chi connectivity index (χ0v) is 14.1. The number of nitrogens with zero attached hydrogens (tertiary/aromatic N) is 1. The first-order chi connectivity index (χ1) is 11.2. The van der Waals surface area contributed by atoms with Crippen LogP contribution in [-0.2, 0) is 16.1 Å². The summed E-state index contributed by atoms with van der Waals surface area (Å²) in [5.74, 6) is 0.963. The van der Waals surface area contributed by atoms with Gasteiger partial charge in [-0.25, -0.2) is 9.79 Å². The number of rotatable bonds is 4. The minimum atomic E-state index is -0.414. The summed E-state index contributed by atoms with van der Waals surface area (Å²) in [6.07, 6.45) is 0. The van der Waals surface area contributed by atoms with Crippen LogP contribution in [0.5, 0.6) is 5.75 Å². The Morgan fingerprint density at radius 3 is 3.00 bits per heavy atom. The maximum absolute atomic E-state index is 11.1. The van der Waals surface area contributed by atoms with Crippen LogP contribution >= 0.6 is 15.9 Å². The van der Waals surface area contributed by atoms with Gasteiger partial charge in [-0.1, -0.05) is 28.1 Å². The van der Waals surface area contributed by atoms with Crippen LogP contribution in [0.15, 0.2) is 51.9 Å². The Hall–Kier alpha value is -2.34. The summed E-state index contributed by atoms with van der Waals surface area (Å²) in [7, 11) is 1.33. The zero-order valence-electron chi connectivity index (χ0n) is 12.5. The van der Waals surface area contributed by atoms with Gasteiger partial charge in [-0.2, -0.15) is 0 Å². The third-order valence-electron chi connectivity index (χ3n) is 3.41. The lowest BCUT2D eigenvalue weighted by Gasteiger charge is -2.18. The second-order valence-corrected chi connectivity index (χ2v) is 5.90. The van der Waals surface area contributed by atoms with Crippen molar-refractivity contribution in [1.29, 1.82) is 0 Å². The van der Waals surface area contributed by atoms with Gasteiger partial charge in [0.25, 0.3) is 0 Å². The van der Waals surface area contributed by atoms with Crippen molar-refractivity contribution in [2.75, 3.05) is 13.7 Å². The molecular formula is C17H15BrN2O3. The second-order valence-electron chi connectivity index (χ2n) is 4.98. The molecule has 6 heteroatoms. The van der Waals surface area contributed by atoms with Crippen LogP contribution in [0.4, 0.5) is 5.69 Å². The molecule has 0 saturated heterocycles. The number of benzene rings is 2. The van der Waals surface area contributed by atoms with Gasteiger partial charge in [0.2, 0.25) is 0 Å². The topological polar surface area (TPSA) is 59.9 Å². The maximum atomic E-state index is 11.1. The molecule has 1 N–H and O–H groups in total. The molecule has 0 aliphatic carbocycles. The van der Waals surface area contributed by atoms with Crippen molar-refractivity contribution in [1.82, 2.24) is 5.32 Å². The molecule has 2 aromatic rings. The molecular weight excluding hydrogens is 360 g/mol. The van der Waals surface area contributed by atoms with Crippen molar-refractivity contribution in [3.8, 4) is 5.75 Å². The number of hydrogen-bond donors (Lipinski definition) is 1. The number of ether oxygens (including phenoxy) is 2. The number of nitrogens with one attached hydrogen (secondary N) is 1. The molecule has 1 heterocycles. The van der Waals surface area contributed by atoms with Crippen LogP contribution in [0.25, 0.3) is 0 Å². The highest BCUT2D eigenvalue weighted by Crippen LogP contribution is 2.27. The zero-order chi connectivity index (χ0) is 16.2. The third-order valence-corrected chi connectivity index (χ3v) is 3.91. The highest BCUT2D eigenvalue weighted by atomic mass is 79.9. The van der Waals surface area contributed by atoms with Crippen molar-refractivity contribution in [3.63, 3.8) is 0 Å². The van der Waals surface area contributed by atoms with Gasteiger partial charge in [0.15, 0.2) is 6.61 Å². The van der Waals surface area contributed by atoms with Gasteiger partial charge in [0, 0.05) is 16.6 Å². The standard InChI is InChI=1S/C17H15BrN2O3/c1-22-16(21)10-23-14-4-2-3-11(8-14)17-19-9-12-7-13(18)5-6-15(12)20-17/h2-8H,9-10H2,1H3,(H,19,20). The highest BCUT2D eigenvalue weighted by molar-refractivity contribution is 9.10. The van der Waals surface area contributed by atoms with Gasteiger partial charge in [0.1, 0.15) is 11.6 Å². The lowest BCUT2D eigenvalue weighted by molar-refractivity contribution is -0.142. The summed E-state index contributed by atoms with van der Waals surface area (Å²) in [5.41, 5.74) is 2.99. The van der Waals surface area contributed by atoms with Gasteiger partial charge in [-0.05, 0) is 35.9 Å². The van der Waals surface area contributed by atoms with E-state index in [0.717, 1.165) is 27.1 Å². The molecule has 2 aromatic carbocycles.